The Morgan fingerprint density at radius 2 is 1.03 bits per heavy atom. The predicted molar refractivity (Wildman–Crippen MR) is 235 cm³/mol. The molecule has 0 saturated heterocycles. The number of carbonyl (C=O) groups is 3. The van der Waals surface area contributed by atoms with Gasteiger partial charge in [-0.15, -0.1) is 0 Å². The second kappa shape index (κ2) is 22.3. The lowest BCUT2D eigenvalue weighted by Crippen LogP contribution is -2.31. The van der Waals surface area contributed by atoms with Crippen molar-refractivity contribution in [3.8, 4) is 5.75 Å². The maximum atomic E-state index is 13.1. The molecule has 0 bridgehead atoms. The molecule has 0 N–H and O–H groups in total. The zero-order valence-corrected chi connectivity index (χ0v) is 35.3. The summed E-state index contributed by atoms with van der Waals surface area (Å²) in [6.07, 6.45) is 9.77. The van der Waals surface area contributed by atoms with E-state index >= 15 is 0 Å². The molecular weight excluding hydrogens is 771 g/mol. The third-order valence-electron chi connectivity index (χ3n) is 11.4. The SMILES string of the molecule is C=CC(=O)OCCCCOC(=O)C1CCC(C2CCC(C(=O)Oc3ccc(N=Nc4ccc(N=Nc5ccc(N=Nc6ccc(N(C)C)cc6)cc5C)cc4)cc3)CC2)CC1. The first kappa shape index (κ1) is 44.2. The molecule has 0 unspecified atom stereocenters. The molecule has 13 heteroatoms. The molecule has 0 aliphatic heterocycles. The predicted octanol–water partition coefficient (Wildman–Crippen LogP) is 12.9. The second-order valence-corrected chi connectivity index (χ2v) is 15.9. The molecule has 0 aromatic heterocycles. The van der Waals surface area contributed by atoms with Crippen molar-refractivity contribution in [1.29, 1.82) is 0 Å². The lowest BCUT2D eigenvalue weighted by molar-refractivity contribution is -0.151. The molecule has 0 atom stereocenters. The first-order valence-electron chi connectivity index (χ1n) is 21.1. The van der Waals surface area contributed by atoms with Gasteiger partial charge in [0.1, 0.15) is 5.75 Å². The summed E-state index contributed by atoms with van der Waals surface area (Å²) in [7, 11) is 4.00. The number of rotatable bonds is 17. The van der Waals surface area contributed by atoms with Crippen molar-refractivity contribution in [1.82, 2.24) is 0 Å². The van der Waals surface area contributed by atoms with Gasteiger partial charge in [-0.2, -0.15) is 30.7 Å². The minimum atomic E-state index is -0.440. The Labute approximate surface area is 358 Å². The number of benzene rings is 4. The van der Waals surface area contributed by atoms with Crippen molar-refractivity contribution in [2.24, 2.45) is 54.4 Å². The van der Waals surface area contributed by atoms with Crippen LogP contribution in [0.2, 0.25) is 0 Å². The molecule has 2 fully saturated rings. The Bertz CT molecular complexity index is 2170. The minimum absolute atomic E-state index is 0.0478. The van der Waals surface area contributed by atoms with E-state index in [-0.39, 0.29) is 23.8 Å². The van der Waals surface area contributed by atoms with Gasteiger partial charge in [0.25, 0.3) is 0 Å². The van der Waals surface area contributed by atoms with Crippen molar-refractivity contribution < 1.29 is 28.6 Å². The van der Waals surface area contributed by atoms with Crippen molar-refractivity contribution in [2.45, 2.75) is 71.1 Å². The number of aryl methyl sites for hydroxylation is 1. The third-order valence-corrected chi connectivity index (χ3v) is 11.4. The fourth-order valence-electron chi connectivity index (χ4n) is 7.72. The van der Waals surface area contributed by atoms with Gasteiger partial charge in [-0.3, -0.25) is 9.59 Å². The summed E-state index contributed by atoms with van der Waals surface area (Å²) in [5, 5.41) is 26.2. The molecule has 4 aromatic rings. The fourth-order valence-corrected chi connectivity index (χ4v) is 7.72. The molecule has 13 nitrogen and oxygen atoms in total. The summed E-state index contributed by atoms with van der Waals surface area (Å²) in [5.41, 5.74) is 6.27. The third kappa shape index (κ3) is 13.6. The summed E-state index contributed by atoms with van der Waals surface area (Å²) in [6, 6.07) is 27.9. The standard InChI is InChI=1S/C48H55N7O6/c1-5-46(56)59-30-6-7-31-60-47(57)36-12-8-34(9-13-36)35-10-14-37(15-11-35)48(58)61-44-27-22-41(23-28-44)50-49-38-16-18-39(19-17-38)52-54-45-29-24-42(32-33(45)2)53-51-40-20-25-43(26-21-40)55(3)4/h5,16-29,32,34-37H,1,6-15,30-31H2,2-4H3. The van der Waals surface area contributed by atoms with E-state index in [9.17, 15) is 14.4 Å². The average molecular weight is 826 g/mol. The summed E-state index contributed by atoms with van der Waals surface area (Å²) >= 11 is 0. The van der Waals surface area contributed by atoms with Crippen LogP contribution in [0, 0.1) is 30.6 Å². The number of esters is 3. The van der Waals surface area contributed by atoms with Crippen LogP contribution in [0.3, 0.4) is 0 Å². The highest BCUT2D eigenvalue weighted by atomic mass is 16.5. The van der Waals surface area contributed by atoms with Crippen molar-refractivity contribution >= 4 is 57.7 Å². The van der Waals surface area contributed by atoms with Crippen molar-refractivity contribution in [3.63, 3.8) is 0 Å². The highest BCUT2D eigenvalue weighted by molar-refractivity contribution is 5.81. The maximum Gasteiger partial charge on any atom is 0.330 e. The minimum Gasteiger partial charge on any atom is -0.465 e. The summed E-state index contributed by atoms with van der Waals surface area (Å²) in [5.74, 6) is 0.723. The first-order chi connectivity index (χ1) is 29.6. The Hall–Kier alpha value is -6.37. The van der Waals surface area contributed by atoms with Gasteiger partial charge in [-0.05, 0) is 180 Å². The van der Waals surface area contributed by atoms with Crippen LogP contribution in [0.25, 0.3) is 0 Å². The molecule has 2 saturated carbocycles. The van der Waals surface area contributed by atoms with Gasteiger partial charge in [0.05, 0.1) is 59.2 Å². The average Bonchev–Trinajstić information content (AvgIpc) is 3.29. The number of carbonyl (C=O) groups excluding carboxylic acids is 3. The van der Waals surface area contributed by atoms with Gasteiger partial charge < -0.3 is 19.1 Å². The number of unbranched alkanes of at least 4 members (excludes halogenated alkanes) is 1. The smallest absolute Gasteiger partial charge is 0.330 e. The van der Waals surface area contributed by atoms with Crippen LogP contribution in [0.1, 0.15) is 69.8 Å². The number of hydrogen-bond donors (Lipinski definition) is 0. The van der Waals surface area contributed by atoms with E-state index < -0.39 is 5.97 Å². The van der Waals surface area contributed by atoms with E-state index in [2.05, 4.69) is 37.3 Å². The normalized spacial score (nSPS) is 19.2. The zero-order chi connectivity index (χ0) is 43.0. The molecule has 0 radical (unpaired) electrons. The molecule has 318 valence electrons. The summed E-state index contributed by atoms with van der Waals surface area (Å²) in [6.45, 7) is 5.97. The molecule has 4 aromatic carbocycles. The van der Waals surface area contributed by atoms with Crippen LogP contribution in [0.15, 0.2) is 134 Å². The number of anilines is 1. The zero-order valence-electron chi connectivity index (χ0n) is 35.3. The van der Waals surface area contributed by atoms with Gasteiger partial charge >= 0.3 is 17.9 Å². The van der Waals surface area contributed by atoms with Crippen LogP contribution in [-0.4, -0.2) is 45.2 Å². The van der Waals surface area contributed by atoms with E-state index in [0.29, 0.717) is 60.7 Å². The number of ether oxygens (including phenoxy) is 3. The van der Waals surface area contributed by atoms with Crippen molar-refractivity contribution in [2.75, 3.05) is 32.2 Å². The van der Waals surface area contributed by atoms with Gasteiger partial charge in [0, 0.05) is 25.9 Å². The number of nitrogens with zero attached hydrogens (tertiary/aromatic N) is 7. The lowest BCUT2D eigenvalue weighted by Gasteiger charge is -2.36. The molecule has 2 aliphatic carbocycles. The lowest BCUT2D eigenvalue weighted by atomic mass is 9.69. The summed E-state index contributed by atoms with van der Waals surface area (Å²) in [4.78, 5) is 38.8. The van der Waals surface area contributed by atoms with Gasteiger partial charge in [0.2, 0.25) is 0 Å². The highest BCUT2D eigenvalue weighted by Gasteiger charge is 2.35. The van der Waals surface area contributed by atoms with Crippen LogP contribution in [0.4, 0.5) is 39.8 Å². The Balaban J connectivity index is 0.880. The largest absolute Gasteiger partial charge is 0.465 e. The van der Waals surface area contributed by atoms with E-state index in [4.69, 9.17) is 14.2 Å². The second-order valence-electron chi connectivity index (χ2n) is 15.9. The fraction of sp³-hybridized carbons (Fsp3) is 0.396. The molecule has 0 amide bonds. The number of hydrogen-bond acceptors (Lipinski definition) is 13. The molecule has 2 aliphatic rings. The maximum absolute atomic E-state index is 13.1. The van der Waals surface area contributed by atoms with E-state index in [1.807, 2.05) is 92.6 Å². The van der Waals surface area contributed by atoms with E-state index in [1.54, 1.807) is 24.3 Å². The van der Waals surface area contributed by atoms with E-state index in [1.165, 1.54) is 0 Å². The highest BCUT2D eigenvalue weighted by Crippen LogP contribution is 2.42. The van der Waals surface area contributed by atoms with Crippen LogP contribution >= 0.6 is 0 Å². The molecule has 0 heterocycles. The quantitative estimate of drug-likeness (QED) is 0.0337. The molecular formula is C48H55N7O6. The Morgan fingerprint density at radius 3 is 1.54 bits per heavy atom. The van der Waals surface area contributed by atoms with E-state index in [0.717, 1.165) is 85.8 Å². The van der Waals surface area contributed by atoms with Crippen molar-refractivity contribution in [3.05, 3.63) is 109 Å². The molecule has 0 spiro atoms. The Morgan fingerprint density at radius 1 is 0.590 bits per heavy atom. The summed E-state index contributed by atoms with van der Waals surface area (Å²) < 4.78 is 16.2. The number of azo groups is 3. The molecule has 6 rings (SSSR count). The van der Waals surface area contributed by atoms with Gasteiger partial charge in [-0.25, -0.2) is 4.79 Å². The van der Waals surface area contributed by atoms with Crippen LogP contribution < -0.4 is 9.64 Å². The van der Waals surface area contributed by atoms with Crippen LogP contribution in [-0.2, 0) is 23.9 Å². The first-order valence-corrected chi connectivity index (χ1v) is 21.1. The topological polar surface area (TPSA) is 156 Å². The van der Waals surface area contributed by atoms with Gasteiger partial charge in [0.15, 0.2) is 0 Å². The molecule has 61 heavy (non-hydrogen) atoms. The van der Waals surface area contributed by atoms with Gasteiger partial charge in [-0.1, -0.05) is 6.58 Å². The monoisotopic (exact) mass is 825 g/mol. The Kier molecular flexibility index (Phi) is 16.1. The van der Waals surface area contributed by atoms with Crippen LogP contribution in [0.5, 0.6) is 5.75 Å².